The Balaban J connectivity index is 1.52. The maximum absolute atomic E-state index is 11.9. The molecule has 0 saturated carbocycles. The fraction of sp³-hybridized carbons (Fsp3) is 0.381. The van der Waals surface area contributed by atoms with Gasteiger partial charge in [0, 0.05) is 68.1 Å². The molecule has 144 valence electrons. The topological polar surface area (TPSA) is 70.1 Å². The molecule has 0 aliphatic carbocycles. The summed E-state index contributed by atoms with van der Waals surface area (Å²) >= 11 is 0. The maximum Gasteiger partial charge on any atom is 0.219 e. The number of nitrogens with zero attached hydrogens (tertiary/aromatic N) is 5. The molecule has 3 aromatic rings. The van der Waals surface area contributed by atoms with Crippen molar-refractivity contribution in [1.82, 2.24) is 24.9 Å². The summed E-state index contributed by atoms with van der Waals surface area (Å²) in [6.07, 6.45) is 4.78. The van der Waals surface area contributed by atoms with E-state index in [0.717, 1.165) is 42.1 Å². The van der Waals surface area contributed by atoms with Gasteiger partial charge in [-0.1, -0.05) is 13.0 Å². The molecule has 2 aliphatic rings. The zero-order valence-electron chi connectivity index (χ0n) is 16.4. The highest BCUT2D eigenvalue weighted by Gasteiger charge is 2.32. The van der Waals surface area contributed by atoms with E-state index in [1.54, 1.807) is 6.92 Å². The van der Waals surface area contributed by atoms with Gasteiger partial charge in [0.2, 0.25) is 5.91 Å². The van der Waals surface area contributed by atoms with Crippen LogP contribution in [0.3, 0.4) is 0 Å². The molecule has 1 atom stereocenters. The van der Waals surface area contributed by atoms with E-state index in [4.69, 9.17) is 0 Å². The van der Waals surface area contributed by atoms with Crippen molar-refractivity contribution in [2.24, 2.45) is 7.05 Å². The van der Waals surface area contributed by atoms with Crippen molar-refractivity contribution in [1.29, 1.82) is 0 Å². The van der Waals surface area contributed by atoms with E-state index in [1.165, 1.54) is 16.8 Å². The summed E-state index contributed by atoms with van der Waals surface area (Å²) in [6.45, 7) is 6.17. The van der Waals surface area contributed by atoms with E-state index in [1.807, 2.05) is 29.0 Å². The van der Waals surface area contributed by atoms with Crippen molar-refractivity contribution < 1.29 is 4.79 Å². The smallest absolute Gasteiger partial charge is 0.219 e. The second-order valence-corrected chi connectivity index (χ2v) is 7.88. The van der Waals surface area contributed by atoms with E-state index >= 15 is 0 Å². The van der Waals surface area contributed by atoms with Gasteiger partial charge in [0.15, 0.2) is 5.82 Å². The number of nitrogens with one attached hydrogen (secondary N) is 1. The van der Waals surface area contributed by atoms with Crippen molar-refractivity contribution in [3.63, 3.8) is 0 Å². The van der Waals surface area contributed by atoms with Gasteiger partial charge in [-0.15, -0.1) is 0 Å². The molecule has 7 nitrogen and oxygen atoms in total. The molecule has 1 N–H and O–H groups in total. The van der Waals surface area contributed by atoms with Crippen LogP contribution in [-0.4, -0.2) is 43.9 Å². The number of hydrogen-bond acceptors (Lipinski definition) is 4. The van der Waals surface area contributed by atoms with Crippen molar-refractivity contribution >= 4 is 17.4 Å². The van der Waals surface area contributed by atoms with Crippen LogP contribution in [0.2, 0.25) is 0 Å². The van der Waals surface area contributed by atoms with Crippen LogP contribution in [0.1, 0.15) is 36.6 Å². The lowest BCUT2D eigenvalue weighted by Crippen LogP contribution is -2.34. The fourth-order valence-corrected chi connectivity index (χ4v) is 4.39. The normalized spacial score (nSPS) is 18.3. The minimum atomic E-state index is 0.120. The third-order valence-corrected chi connectivity index (χ3v) is 5.96. The van der Waals surface area contributed by atoms with E-state index in [0.29, 0.717) is 12.5 Å². The minimum Gasteiger partial charge on any atom is -0.338 e. The van der Waals surface area contributed by atoms with Crippen molar-refractivity contribution in [2.75, 3.05) is 18.0 Å². The van der Waals surface area contributed by atoms with Crippen LogP contribution in [0.25, 0.3) is 11.1 Å². The zero-order chi connectivity index (χ0) is 19.4. The van der Waals surface area contributed by atoms with Gasteiger partial charge >= 0.3 is 0 Å². The van der Waals surface area contributed by atoms with Gasteiger partial charge in [-0.3, -0.25) is 14.6 Å². The number of fused-ring (bicyclic) bond motifs is 2. The predicted molar refractivity (Wildman–Crippen MR) is 107 cm³/mol. The van der Waals surface area contributed by atoms with Crippen LogP contribution in [0.5, 0.6) is 0 Å². The van der Waals surface area contributed by atoms with E-state index in [9.17, 15) is 4.79 Å². The molecule has 5 rings (SSSR count). The maximum atomic E-state index is 11.9. The van der Waals surface area contributed by atoms with Gasteiger partial charge in [0.05, 0.1) is 12.7 Å². The minimum absolute atomic E-state index is 0.120. The van der Waals surface area contributed by atoms with E-state index < -0.39 is 0 Å². The van der Waals surface area contributed by atoms with Crippen molar-refractivity contribution in [3.05, 3.63) is 47.4 Å². The average Bonchev–Trinajstić information content (AvgIpc) is 3.38. The lowest BCUT2D eigenvalue weighted by molar-refractivity contribution is -0.129. The molecule has 28 heavy (non-hydrogen) atoms. The number of H-pyrrole nitrogens is 1. The largest absolute Gasteiger partial charge is 0.338 e. The van der Waals surface area contributed by atoms with Gasteiger partial charge in [-0.2, -0.15) is 10.2 Å². The summed E-state index contributed by atoms with van der Waals surface area (Å²) < 4.78 is 1.83. The van der Waals surface area contributed by atoms with Crippen molar-refractivity contribution in [2.45, 2.75) is 32.7 Å². The molecule has 7 heteroatoms. The summed E-state index contributed by atoms with van der Waals surface area (Å²) in [5.74, 6) is 1.49. The van der Waals surface area contributed by atoms with E-state index in [2.05, 4.69) is 45.3 Å². The molecule has 4 heterocycles. The second-order valence-electron chi connectivity index (χ2n) is 7.88. The number of carbonyl (C=O) groups excluding carboxylic acids is 1. The Labute approximate surface area is 164 Å². The average molecular weight is 376 g/mol. The Bertz CT molecular complexity index is 1060. The number of hydrogen-bond donors (Lipinski definition) is 1. The van der Waals surface area contributed by atoms with Crippen LogP contribution < -0.4 is 4.90 Å². The Morgan fingerprint density at radius 3 is 2.89 bits per heavy atom. The van der Waals surface area contributed by atoms with Gasteiger partial charge < -0.3 is 9.80 Å². The number of aryl methyl sites for hydroxylation is 1. The quantitative estimate of drug-likeness (QED) is 0.747. The fourth-order valence-electron chi connectivity index (χ4n) is 4.39. The predicted octanol–water partition coefficient (Wildman–Crippen LogP) is 2.97. The third-order valence-electron chi connectivity index (χ3n) is 5.96. The Hall–Kier alpha value is -3.09. The summed E-state index contributed by atoms with van der Waals surface area (Å²) in [5, 5.41) is 12.1. The van der Waals surface area contributed by atoms with Gasteiger partial charge in [0.25, 0.3) is 0 Å². The Kier molecular flexibility index (Phi) is 3.79. The first kappa shape index (κ1) is 17.0. The third kappa shape index (κ3) is 2.61. The van der Waals surface area contributed by atoms with Gasteiger partial charge in [-0.25, -0.2) is 0 Å². The van der Waals surface area contributed by atoms with Crippen LogP contribution in [-0.2, 0) is 24.8 Å². The highest BCUT2D eigenvalue weighted by Crippen LogP contribution is 2.43. The molecule has 0 bridgehead atoms. The van der Waals surface area contributed by atoms with Crippen molar-refractivity contribution in [3.8, 4) is 11.1 Å². The van der Waals surface area contributed by atoms with E-state index in [-0.39, 0.29) is 5.91 Å². The molecule has 2 aliphatic heterocycles. The summed E-state index contributed by atoms with van der Waals surface area (Å²) in [7, 11) is 1.94. The van der Waals surface area contributed by atoms with Gasteiger partial charge in [0.1, 0.15) is 0 Å². The van der Waals surface area contributed by atoms with Crippen LogP contribution >= 0.6 is 0 Å². The monoisotopic (exact) mass is 376 g/mol. The lowest BCUT2D eigenvalue weighted by atomic mass is 9.99. The summed E-state index contributed by atoms with van der Waals surface area (Å²) in [5.41, 5.74) is 7.16. The van der Waals surface area contributed by atoms with Crippen LogP contribution in [0.4, 0.5) is 11.5 Å². The number of rotatable bonds is 2. The number of aromatic amines is 1. The van der Waals surface area contributed by atoms with Gasteiger partial charge in [-0.05, 0) is 23.3 Å². The molecule has 1 aromatic carbocycles. The standard InChI is InChI=1S/C21H24N6O/c1-13-10-27(21-18-12-26(14(2)28)7-6-19(18)23-24-21)20-5-4-15(8-17(13)20)16-9-22-25(3)11-16/h4-5,8-9,11,13H,6-7,10,12H2,1-3H3,(H,23,24). The molecule has 1 amide bonds. The molecule has 0 fully saturated rings. The number of aromatic nitrogens is 4. The first-order valence-electron chi connectivity index (χ1n) is 9.73. The molecule has 2 aromatic heterocycles. The molecular formula is C21H24N6O. The highest BCUT2D eigenvalue weighted by molar-refractivity contribution is 5.77. The van der Waals surface area contributed by atoms with Crippen LogP contribution in [0, 0.1) is 0 Å². The summed E-state index contributed by atoms with van der Waals surface area (Å²) in [6, 6.07) is 6.62. The Morgan fingerprint density at radius 1 is 1.29 bits per heavy atom. The zero-order valence-corrected chi connectivity index (χ0v) is 16.4. The summed E-state index contributed by atoms with van der Waals surface area (Å²) in [4.78, 5) is 16.1. The number of carbonyl (C=O) groups is 1. The number of benzene rings is 1. The second kappa shape index (κ2) is 6.22. The molecule has 0 radical (unpaired) electrons. The van der Waals surface area contributed by atoms with Crippen LogP contribution in [0.15, 0.2) is 30.6 Å². The molecule has 1 unspecified atom stereocenters. The number of amides is 1. The Morgan fingerprint density at radius 2 is 2.14 bits per heavy atom. The SMILES string of the molecule is CC(=O)N1CCc2[nH]nc(N3CC(C)c4cc(-c5cnn(C)c5)ccc43)c2C1. The lowest BCUT2D eigenvalue weighted by Gasteiger charge is -2.27. The molecular weight excluding hydrogens is 352 g/mol. The first-order valence-corrected chi connectivity index (χ1v) is 9.73. The highest BCUT2D eigenvalue weighted by atomic mass is 16.2. The first-order chi connectivity index (χ1) is 13.5. The molecule has 0 spiro atoms. The molecule has 0 saturated heterocycles. The number of anilines is 2.